The van der Waals surface area contributed by atoms with Crippen LogP contribution in [0.2, 0.25) is 0 Å². The van der Waals surface area contributed by atoms with Gasteiger partial charge in [-0.3, -0.25) is 4.79 Å². The summed E-state index contributed by atoms with van der Waals surface area (Å²) in [5, 5.41) is 11.2. The third-order valence-electron chi connectivity index (χ3n) is 4.63. The van der Waals surface area contributed by atoms with Gasteiger partial charge in [-0.15, -0.1) is 0 Å². The van der Waals surface area contributed by atoms with Gasteiger partial charge in [0.15, 0.2) is 6.61 Å². The number of carbonyl (C=O) groups excluding carboxylic acids is 2. The van der Waals surface area contributed by atoms with Crippen molar-refractivity contribution >= 4 is 22.9 Å². The molecule has 30 heavy (non-hydrogen) atoms. The topological polar surface area (TPSA) is 112 Å². The molecule has 1 N–H and O–H groups in total. The van der Waals surface area contributed by atoms with Crippen LogP contribution < -0.4 is 10.4 Å². The Bertz CT molecular complexity index is 1130. The number of fused-ring (bicyclic) bond motifs is 1. The first-order valence-corrected chi connectivity index (χ1v) is 9.06. The number of para-hydroxylation sites is 2. The Morgan fingerprint density at radius 2 is 1.67 bits per heavy atom. The van der Waals surface area contributed by atoms with Crippen LogP contribution in [0.4, 0.5) is 0 Å². The third kappa shape index (κ3) is 4.27. The summed E-state index contributed by atoms with van der Waals surface area (Å²) in [6, 6.07) is 13.1. The van der Waals surface area contributed by atoms with E-state index in [-0.39, 0.29) is 35.7 Å². The molecular weight excluding hydrogens is 392 g/mol. The second-order valence-corrected chi connectivity index (χ2v) is 6.38. The van der Waals surface area contributed by atoms with Gasteiger partial charge in [-0.2, -0.15) is 0 Å². The molecule has 2 aromatic carbocycles. The van der Waals surface area contributed by atoms with Crippen LogP contribution in [0.3, 0.4) is 0 Å². The summed E-state index contributed by atoms with van der Waals surface area (Å²) in [4.78, 5) is 36.4. The van der Waals surface area contributed by atoms with E-state index in [1.54, 1.807) is 48.5 Å². The van der Waals surface area contributed by atoms with Crippen LogP contribution in [-0.4, -0.2) is 37.9 Å². The number of hydrogen-bond donors (Lipinski definition) is 1. The first-order valence-electron chi connectivity index (χ1n) is 9.06. The monoisotopic (exact) mass is 412 g/mol. The Morgan fingerprint density at radius 1 is 1.00 bits per heavy atom. The zero-order valence-electron chi connectivity index (χ0n) is 16.4. The van der Waals surface area contributed by atoms with Crippen molar-refractivity contribution in [2.24, 2.45) is 0 Å². The molecule has 1 heterocycles. The zero-order chi connectivity index (χ0) is 21.7. The summed E-state index contributed by atoms with van der Waals surface area (Å²) >= 11 is 0. The first-order chi connectivity index (χ1) is 14.5. The Balaban J connectivity index is 2.17. The molecule has 0 amide bonds. The molecule has 0 aliphatic rings. The molecule has 3 aromatic rings. The van der Waals surface area contributed by atoms with Gasteiger partial charge >= 0.3 is 17.6 Å². The van der Waals surface area contributed by atoms with Crippen molar-refractivity contribution in [1.29, 1.82) is 0 Å². The maximum absolute atomic E-state index is 12.8. The standard InChI is InChI=1S/C22H20O8/c1-27-18(23)11-15(13-7-3-5-9-16(13)29-12-19(24)28-2)20-21(25)14-8-4-6-10-17(14)30-22(20)26/h3-10,15,25H,11-12H2,1-2H3/t15-/m0/s1. The molecule has 156 valence electrons. The van der Waals surface area contributed by atoms with E-state index < -0.39 is 23.5 Å². The van der Waals surface area contributed by atoms with Gasteiger partial charge in [0.25, 0.3) is 0 Å². The van der Waals surface area contributed by atoms with Gasteiger partial charge in [-0.25, -0.2) is 9.59 Å². The lowest BCUT2D eigenvalue weighted by Gasteiger charge is -2.20. The van der Waals surface area contributed by atoms with Crippen molar-refractivity contribution < 1.29 is 33.3 Å². The highest BCUT2D eigenvalue weighted by atomic mass is 16.6. The molecule has 8 heteroatoms. The van der Waals surface area contributed by atoms with E-state index in [0.29, 0.717) is 10.9 Å². The lowest BCUT2D eigenvalue weighted by atomic mass is 9.87. The van der Waals surface area contributed by atoms with E-state index >= 15 is 0 Å². The fraction of sp³-hybridized carbons (Fsp3) is 0.227. The SMILES string of the molecule is COC(=O)COc1ccccc1[C@H](CC(=O)OC)c1c(O)c2ccccc2oc1=O. The summed E-state index contributed by atoms with van der Waals surface area (Å²) in [6.07, 6.45) is -0.258. The average Bonchev–Trinajstić information content (AvgIpc) is 2.76. The quantitative estimate of drug-likeness (QED) is 0.466. The van der Waals surface area contributed by atoms with E-state index in [9.17, 15) is 19.5 Å². The molecular formula is C22H20O8. The first kappa shape index (κ1) is 20.9. The van der Waals surface area contributed by atoms with Crippen molar-refractivity contribution in [3.8, 4) is 11.5 Å². The Hall–Kier alpha value is -3.81. The predicted octanol–water partition coefficient (Wildman–Crippen LogP) is 2.75. The van der Waals surface area contributed by atoms with Crippen LogP contribution in [0.15, 0.2) is 57.7 Å². The fourth-order valence-electron chi connectivity index (χ4n) is 3.17. The van der Waals surface area contributed by atoms with Gasteiger partial charge in [0, 0.05) is 11.5 Å². The van der Waals surface area contributed by atoms with Crippen molar-refractivity contribution in [2.45, 2.75) is 12.3 Å². The maximum Gasteiger partial charge on any atom is 0.343 e. The second-order valence-electron chi connectivity index (χ2n) is 6.38. The van der Waals surface area contributed by atoms with Crippen molar-refractivity contribution in [1.82, 2.24) is 0 Å². The normalized spacial score (nSPS) is 11.7. The smallest absolute Gasteiger partial charge is 0.343 e. The highest BCUT2D eigenvalue weighted by Crippen LogP contribution is 2.39. The van der Waals surface area contributed by atoms with Crippen molar-refractivity contribution in [3.63, 3.8) is 0 Å². The molecule has 0 fully saturated rings. The van der Waals surface area contributed by atoms with Crippen molar-refractivity contribution in [2.75, 3.05) is 20.8 Å². The van der Waals surface area contributed by atoms with Gasteiger partial charge < -0.3 is 23.7 Å². The second kappa shape index (κ2) is 9.13. The number of methoxy groups -OCH3 is 2. The van der Waals surface area contributed by atoms with Crippen LogP contribution in [0.25, 0.3) is 11.0 Å². The number of benzene rings is 2. The average molecular weight is 412 g/mol. The number of aromatic hydroxyl groups is 1. The van der Waals surface area contributed by atoms with Crippen LogP contribution in [0.1, 0.15) is 23.5 Å². The number of rotatable bonds is 7. The van der Waals surface area contributed by atoms with E-state index in [1.807, 2.05) is 0 Å². The molecule has 0 bridgehead atoms. The van der Waals surface area contributed by atoms with Gasteiger partial charge in [0.05, 0.1) is 31.6 Å². The zero-order valence-corrected chi connectivity index (χ0v) is 16.4. The van der Waals surface area contributed by atoms with Gasteiger partial charge in [-0.05, 0) is 18.2 Å². The molecule has 0 saturated heterocycles. The molecule has 0 unspecified atom stereocenters. The fourth-order valence-corrected chi connectivity index (χ4v) is 3.17. The Labute approximate surface area is 171 Å². The minimum Gasteiger partial charge on any atom is -0.507 e. The van der Waals surface area contributed by atoms with Gasteiger partial charge in [-0.1, -0.05) is 30.3 Å². The van der Waals surface area contributed by atoms with E-state index in [0.717, 1.165) is 0 Å². The summed E-state index contributed by atoms with van der Waals surface area (Å²) in [7, 11) is 2.46. The van der Waals surface area contributed by atoms with E-state index in [1.165, 1.54) is 14.2 Å². The number of carbonyl (C=O) groups is 2. The van der Waals surface area contributed by atoms with Gasteiger partial charge in [0.1, 0.15) is 17.1 Å². The summed E-state index contributed by atoms with van der Waals surface area (Å²) in [5.41, 5.74) is -0.267. The minimum absolute atomic E-state index is 0.104. The van der Waals surface area contributed by atoms with Crippen molar-refractivity contribution in [3.05, 3.63) is 70.1 Å². The maximum atomic E-state index is 12.8. The molecule has 0 aliphatic heterocycles. The number of hydrogen-bond acceptors (Lipinski definition) is 8. The predicted molar refractivity (Wildman–Crippen MR) is 107 cm³/mol. The highest BCUT2D eigenvalue weighted by Gasteiger charge is 2.29. The van der Waals surface area contributed by atoms with Crippen LogP contribution in [-0.2, 0) is 19.1 Å². The summed E-state index contributed by atoms with van der Waals surface area (Å²) in [6.45, 7) is -0.364. The van der Waals surface area contributed by atoms with Crippen LogP contribution in [0.5, 0.6) is 11.5 Å². The van der Waals surface area contributed by atoms with Crippen LogP contribution >= 0.6 is 0 Å². The molecule has 1 aromatic heterocycles. The third-order valence-corrected chi connectivity index (χ3v) is 4.63. The Morgan fingerprint density at radius 3 is 2.40 bits per heavy atom. The lowest BCUT2D eigenvalue weighted by Crippen LogP contribution is -2.19. The largest absolute Gasteiger partial charge is 0.507 e. The molecule has 0 saturated carbocycles. The molecule has 3 rings (SSSR count). The molecule has 0 radical (unpaired) electrons. The molecule has 8 nitrogen and oxygen atoms in total. The molecule has 1 atom stereocenters. The minimum atomic E-state index is -0.938. The van der Waals surface area contributed by atoms with E-state index in [4.69, 9.17) is 13.9 Å². The summed E-state index contributed by atoms with van der Waals surface area (Å²) < 4.78 is 20.3. The Kier molecular flexibility index (Phi) is 6.36. The summed E-state index contributed by atoms with van der Waals surface area (Å²) in [5.74, 6) is -2.17. The van der Waals surface area contributed by atoms with E-state index in [2.05, 4.69) is 4.74 Å². The molecule has 0 aliphatic carbocycles. The molecule has 0 spiro atoms. The van der Waals surface area contributed by atoms with Gasteiger partial charge in [0.2, 0.25) is 0 Å². The number of esters is 2. The lowest BCUT2D eigenvalue weighted by molar-refractivity contribution is -0.143. The highest BCUT2D eigenvalue weighted by molar-refractivity contribution is 5.85. The van der Waals surface area contributed by atoms with Crippen LogP contribution in [0, 0.1) is 0 Å². The number of ether oxygens (including phenoxy) is 3.